The largest absolute Gasteiger partial charge is 0.322 e. The normalized spacial score (nSPS) is 15.8. The lowest BCUT2D eigenvalue weighted by molar-refractivity contribution is 0.102. The topological polar surface area (TPSA) is 65.0 Å². The SMILES string of the molecule is CN[C@H](C)CC(=N)c1ccc(NC(=O)c2ccc(C3CCCCC3)cc2)cc1. The van der Waals surface area contributed by atoms with Crippen LogP contribution in [0.25, 0.3) is 0 Å². The summed E-state index contributed by atoms with van der Waals surface area (Å²) in [5.41, 5.74) is 4.27. The Morgan fingerprint density at radius 1 is 1.00 bits per heavy atom. The number of nitrogens with one attached hydrogen (secondary N) is 3. The molecular formula is C24H31N3O. The average Bonchev–Trinajstić information content (AvgIpc) is 2.74. The molecule has 4 heteroatoms. The van der Waals surface area contributed by atoms with Crippen LogP contribution in [0, 0.1) is 5.41 Å². The third kappa shape index (κ3) is 5.29. The Balaban J connectivity index is 1.59. The summed E-state index contributed by atoms with van der Waals surface area (Å²) in [5, 5.41) is 14.3. The smallest absolute Gasteiger partial charge is 0.255 e. The molecule has 1 saturated carbocycles. The van der Waals surface area contributed by atoms with Gasteiger partial charge in [0, 0.05) is 29.4 Å². The molecule has 2 aromatic carbocycles. The van der Waals surface area contributed by atoms with Gasteiger partial charge in [-0.25, -0.2) is 0 Å². The summed E-state index contributed by atoms with van der Waals surface area (Å²) in [6.07, 6.45) is 7.18. The minimum Gasteiger partial charge on any atom is -0.322 e. The van der Waals surface area contributed by atoms with Crippen molar-refractivity contribution in [3.63, 3.8) is 0 Å². The Bertz CT molecular complexity index is 790. The van der Waals surface area contributed by atoms with Crippen molar-refractivity contribution in [2.45, 2.75) is 57.4 Å². The van der Waals surface area contributed by atoms with Crippen LogP contribution in [0.3, 0.4) is 0 Å². The molecule has 0 spiro atoms. The van der Waals surface area contributed by atoms with Crippen LogP contribution in [0.2, 0.25) is 0 Å². The first-order valence-electron chi connectivity index (χ1n) is 10.3. The van der Waals surface area contributed by atoms with Crippen LogP contribution in [0.5, 0.6) is 0 Å². The zero-order valence-corrected chi connectivity index (χ0v) is 16.9. The molecule has 2 aromatic rings. The van der Waals surface area contributed by atoms with Gasteiger partial charge >= 0.3 is 0 Å². The van der Waals surface area contributed by atoms with E-state index in [1.807, 2.05) is 43.4 Å². The molecule has 3 rings (SSSR count). The van der Waals surface area contributed by atoms with Crippen molar-refractivity contribution in [2.75, 3.05) is 12.4 Å². The number of carbonyl (C=O) groups excluding carboxylic acids is 1. The first-order valence-corrected chi connectivity index (χ1v) is 10.3. The molecule has 4 nitrogen and oxygen atoms in total. The molecule has 1 amide bonds. The number of benzene rings is 2. The van der Waals surface area contributed by atoms with Crippen LogP contribution in [-0.4, -0.2) is 24.7 Å². The zero-order valence-electron chi connectivity index (χ0n) is 16.9. The van der Waals surface area contributed by atoms with Crippen molar-refractivity contribution in [1.82, 2.24) is 5.32 Å². The predicted molar refractivity (Wildman–Crippen MR) is 117 cm³/mol. The molecule has 0 radical (unpaired) electrons. The van der Waals surface area contributed by atoms with E-state index in [0.29, 0.717) is 23.6 Å². The fourth-order valence-electron chi connectivity index (χ4n) is 3.83. The van der Waals surface area contributed by atoms with E-state index in [1.165, 1.54) is 37.7 Å². The monoisotopic (exact) mass is 377 g/mol. The van der Waals surface area contributed by atoms with Gasteiger partial charge < -0.3 is 16.0 Å². The average molecular weight is 378 g/mol. The lowest BCUT2D eigenvalue weighted by Gasteiger charge is -2.22. The van der Waals surface area contributed by atoms with E-state index in [0.717, 1.165) is 11.3 Å². The summed E-state index contributed by atoms with van der Waals surface area (Å²) < 4.78 is 0. The van der Waals surface area contributed by atoms with Crippen LogP contribution < -0.4 is 10.6 Å². The van der Waals surface area contributed by atoms with E-state index in [-0.39, 0.29) is 11.9 Å². The first kappa shape index (κ1) is 20.3. The number of rotatable bonds is 7. The van der Waals surface area contributed by atoms with E-state index in [4.69, 9.17) is 5.41 Å². The van der Waals surface area contributed by atoms with Crippen LogP contribution >= 0.6 is 0 Å². The molecule has 0 aromatic heterocycles. The summed E-state index contributed by atoms with van der Waals surface area (Å²) in [6, 6.07) is 15.9. The van der Waals surface area contributed by atoms with Crippen LogP contribution in [0.15, 0.2) is 48.5 Å². The molecule has 3 N–H and O–H groups in total. The summed E-state index contributed by atoms with van der Waals surface area (Å²) in [4.78, 5) is 12.5. The fraction of sp³-hybridized carbons (Fsp3) is 0.417. The van der Waals surface area contributed by atoms with Crippen molar-refractivity contribution in [3.05, 3.63) is 65.2 Å². The van der Waals surface area contributed by atoms with Gasteiger partial charge in [0.05, 0.1) is 0 Å². The Morgan fingerprint density at radius 3 is 2.21 bits per heavy atom. The third-order valence-electron chi connectivity index (χ3n) is 5.74. The quantitative estimate of drug-likeness (QED) is 0.569. The van der Waals surface area contributed by atoms with E-state index >= 15 is 0 Å². The van der Waals surface area contributed by atoms with Gasteiger partial charge in [-0.1, -0.05) is 43.5 Å². The number of carbonyl (C=O) groups is 1. The summed E-state index contributed by atoms with van der Waals surface area (Å²) >= 11 is 0. The molecule has 0 heterocycles. The maximum absolute atomic E-state index is 12.5. The summed E-state index contributed by atoms with van der Waals surface area (Å²) in [6.45, 7) is 2.06. The van der Waals surface area contributed by atoms with Crippen LogP contribution in [0.4, 0.5) is 5.69 Å². The second kappa shape index (κ2) is 9.65. The number of amides is 1. The lowest BCUT2D eigenvalue weighted by atomic mass is 9.84. The number of anilines is 1. The van der Waals surface area contributed by atoms with E-state index in [9.17, 15) is 4.79 Å². The van der Waals surface area contributed by atoms with Gasteiger partial charge in [0.15, 0.2) is 0 Å². The van der Waals surface area contributed by atoms with Gasteiger partial charge in [0.2, 0.25) is 0 Å². The molecule has 1 aliphatic carbocycles. The zero-order chi connectivity index (χ0) is 19.9. The fourth-order valence-corrected chi connectivity index (χ4v) is 3.83. The Hall–Kier alpha value is -2.46. The van der Waals surface area contributed by atoms with Gasteiger partial charge in [-0.2, -0.15) is 0 Å². The van der Waals surface area contributed by atoms with Crippen LogP contribution in [0.1, 0.15) is 72.9 Å². The molecule has 148 valence electrons. The van der Waals surface area contributed by atoms with Gasteiger partial charge in [-0.05, 0) is 68.1 Å². The minimum absolute atomic E-state index is 0.0955. The van der Waals surface area contributed by atoms with E-state index < -0.39 is 0 Å². The lowest BCUT2D eigenvalue weighted by Crippen LogP contribution is -2.24. The molecule has 0 bridgehead atoms. The molecule has 1 fully saturated rings. The molecule has 1 atom stereocenters. The van der Waals surface area contributed by atoms with Crippen molar-refractivity contribution in [3.8, 4) is 0 Å². The Kier molecular flexibility index (Phi) is 6.99. The summed E-state index contributed by atoms with van der Waals surface area (Å²) in [7, 11) is 1.90. The predicted octanol–water partition coefficient (Wildman–Crippen LogP) is 5.35. The molecule has 0 aliphatic heterocycles. The number of hydrogen-bond acceptors (Lipinski definition) is 3. The molecular weight excluding hydrogens is 346 g/mol. The highest BCUT2D eigenvalue weighted by Crippen LogP contribution is 2.32. The summed E-state index contributed by atoms with van der Waals surface area (Å²) in [5.74, 6) is 0.557. The maximum Gasteiger partial charge on any atom is 0.255 e. The maximum atomic E-state index is 12.5. The van der Waals surface area contributed by atoms with E-state index in [2.05, 4.69) is 29.7 Å². The minimum atomic E-state index is -0.0955. The highest BCUT2D eigenvalue weighted by atomic mass is 16.1. The van der Waals surface area contributed by atoms with Crippen molar-refractivity contribution in [2.24, 2.45) is 0 Å². The third-order valence-corrected chi connectivity index (χ3v) is 5.74. The van der Waals surface area contributed by atoms with Crippen LogP contribution in [-0.2, 0) is 0 Å². The molecule has 0 unspecified atom stereocenters. The second-order valence-electron chi connectivity index (χ2n) is 7.86. The van der Waals surface area contributed by atoms with Crippen molar-refractivity contribution >= 4 is 17.3 Å². The van der Waals surface area contributed by atoms with Crippen molar-refractivity contribution < 1.29 is 4.79 Å². The van der Waals surface area contributed by atoms with E-state index in [1.54, 1.807) is 0 Å². The Labute approximate surface area is 168 Å². The van der Waals surface area contributed by atoms with Gasteiger partial charge in [0.25, 0.3) is 5.91 Å². The number of hydrogen-bond donors (Lipinski definition) is 3. The highest BCUT2D eigenvalue weighted by molar-refractivity contribution is 6.04. The van der Waals surface area contributed by atoms with Gasteiger partial charge in [0.1, 0.15) is 0 Å². The molecule has 28 heavy (non-hydrogen) atoms. The highest BCUT2D eigenvalue weighted by Gasteiger charge is 2.16. The molecule has 0 saturated heterocycles. The molecule has 1 aliphatic rings. The second-order valence-corrected chi connectivity index (χ2v) is 7.86. The standard InChI is InChI=1S/C24H31N3O/c1-17(26-2)16-23(25)20-12-14-22(15-13-20)27-24(28)21-10-8-19(9-11-21)18-6-4-3-5-7-18/h8-15,17-18,25-26H,3-7,16H2,1-2H3,(H,27,28)/t17-/m1/s1. The van der Waals surface area contributed by atoms with Gasteiger partial charge in [-0.15, -0.1) is 0 Å². The Morgan fingerprint density at radius 2 is 1.61 bits per heavy atom. The van der Waals surface area contributed by atoms with Gasteiger partial charge in [-0.3, -0.25) is 4.79 Å². The first-order chi connectivity index (χ1) is 13.6. The van der Waals surface area contributed by atoms with Crippen molar-refractivity contribution in [1.29, 1.82) is 5.41 Å².